The van der Waals surface area contributed by atoms with Crippen LogP contribution < -0.4 is 4.74 Å². The highest BCUT2D eigenvalue weighted by Gasteiger charge is 2.11. The van der Waals surface area contributed by atoms with Crippen LogP contribution in [0.1, 0.15) is 22.8 Å². The first-order valence-corrected chi connectivity index (χ1v) is 5.70. The Morgan fingerprint density at radius 3 is 2.22 bits per heavy atom. The van der Waals surface area contributed by atoms with E-state index < -0.39 is 6.10 Å². The molecular weight excluding hydrogens is 231 g/mol. The van der Waals surface area contributed by atoms with E-state index in [4.69, 9.17) is 4.74 Å². The SMILES string of the molecule is COc1ccc(C(O)c2ccc(F)c(C)c2)cc1. The van der Waals surface area contributed by atoms with Gasteiger partial charge in [-0.3, -0.25) is 0 Å². The predicted molar refractivity (Wildman–Crippen MR) is 68.2 cm³/mol. The standard InChI is InChI=1S/C15H15FO2/c1-10-9-12(5-8-14(10)16)15(17)11-3-6-13(18-2)7-4-11/h3-9,15,17H,1-2H3. The Morgan fingerprint density at radius 1 is 1.06 bits per heavy atom. The second-order valence-corrected chi connectivity index (χ2v) is 4.18. The van der Waals surface area contributed by atoms with Crippen LogP contribution in [0.25, 0.3) is 0 Å². The van der Waals surface area contributed by atoms with Crippen molar-refractivity contribution in [2.24, 2.45) is 0 Å². The fourth-order valence-corrected chi connectivity index (χ4v) is 1.82. The molecule has 94 valence electrons. The molecule has 1 unspecified atom stereocenters. The van der Waals surface area contributed by atoms with Crippen molar-refractivity contribution in [1.29, 1.82) is 0 Å². The number of methoxy groups -OCH3 is 1. The van der Waals surface area contributed by atoms with Gasteiger partial charge in [-0.25, -0.2) is 4.39 Å². The molecule has 3 heteroatoms. The molecule has 0 aromatic heterocycles. The van der Waals surface area contributed by atoms with E-state index in [2.05, 4.69) is 0 Å². The zero-order chi connectivity index (χ0) is 13.1. The van der Waals surface area contributed by atoms with Crippen LogP contribution in [0.15, 0.2) is 42.5 Å². The number of ether oxygens (including phenoxy) is 1. The van der Waals surface area contributed by atoms with Crippen LogP contribution in [-0.4, -0.2) is 12.2 Å². The summed E-state index contributed by atoms with van der Waals surface area (Å²) in [6, 6.07) is 11.8. The van der Waals surface area contributed by atoms with Crippen molar-refractivity contribution in [2.45, 2.75) is 13.0 Å². The minimum Gasteiger partial charge on any atom is -0.497 e. The second-order valence-electron chi connectivity index (χ2n) is 4.18. The first-order chi connectivity index (χ1) is 8.61. The van der Waals surface area contributed by atoms with Crippen LogP contribution in [0.3, 0.4) is 0 Å². The summed E-state index contributed by atoms with van der Waals surface area (Å²) in [6.45, 7) is 1.68. The molecule has 1 N–H and O–H groups in total. The van der Waals surface area contributed by atoms with Crippen molar-refractivity contribution in [1.82, 2.24) is 0 Å². The Labute approximate surface area is 106 Å². The molecule has 2 aromatic rings. The van der Waals surface area contributed by atoms with Crippen molar-refractivity contribution in [3.63, 3.8) is 0 Å². The molecule has 18 heavy (non-hydrogen) atoms. The van der Waals surface area contributed by atoms with E-state index >= 15 is 0 Å². The Balaban J connectivity index is 2.28. The van der Waals surface area contributed by atoms with E-state index in [0.29, 0.717) is 11.1 Å². The molecule has 0 spiro atoms. The number of hydrogen-bond acceptors (Lipinski definition) is 2. The third-order valence-electron chi connectivity index (χ3n) is 2.93. The zero-order valence-corrected chi connectivity index (χ0v) is 10.4. The Bertz CT molecular complexity index is 535. The maximum absolute atomic E-state index is 13.2. The fraction of sp³-hybridized carbons (Fsp3) is 0.200. The Kier molecular flexibility index (Phi) is 3.63. The quantitative estimate of drug-likeness (QED) is 0.901. The molecule has 0 aliphatic rings. The van der Waals surface area contributed by atoms with Crippen molar-refractivity contribution in [3.05, 3.63) is 65.0 Å². The average Bonchev–Trinajstić information content (AvgIpc) is 2.41. The van der Waals surface area contributed by atoms with Crippen LogP contribution in [0.2, 0.25) is 0 Å². The molecule has 0 heterocycles. The van der Waals surface area contributed by atoms with Gasteiger partial charge in [0.1, 0.15) is 17.7 Å². The van der Waals surface area contributed by atoms with Gasteiger partial charge in [0, 0.05) is 0 Å². The minimum absolute atomic E-state index is 0.263. The lowest BCUT2D eigenvalue weighted by Crippen LogP contribution is -2.00. The molecule has 2 nitrogen and oxygen atoms in total. The summed E-state index contributed by atoms with van der Waals surface area (Å²) in [5.74, 6) is 0.474. The van der Waals surface area contributed by atoms with Crippen LogP contribution in [0, 0.1) is 12.7 Å². The largest absolute Gasteiger partial charge is 0.497 e. The van der Waals surface area contributed by atoms with E-state index in [1.54, 1.807) is 50.4 Å². The zero-order valence-electron chi connectivity index (χ0n) is 10.4. The van der Waals surface area contributed by atoms with Gasteiger partial charge in [0.15, 0.2) is 0 Å². The van der Waals surface area contributed by atoms with Gasteiger partial charge in [0.25, 0.3) is 0 Å². The summed E-state index contributed by atoms with van der Waals surface area (Å²) in [4.78, 5) is 0. The monoisotopic (exact) mass is 246 g/mol. The number of benzene rings is 2. The van der Waals surface area contributed by atoms with Crippen LogP contribution in [-0.2, 0) is 0 Å². The number of aliphatic hydroxyl groups excluding tert-OH is 1. The van der Waals surface area contributed by atoms with Crippen molar-refractivity contribution >= 4 is 0 Å². The van der Waals surface area contributed by atoms with Gasteiger partial charge in [-0.05, 0) is 41.8 Å². The lowest BCUT2D eigenvalue weighted by atomic mass is 10.00. The summed E-state index contributed by atoms with van der Waals surface area (Å²) in [5, 5.41) is 10.2. The maximum Gasteiger partial charge on any atom is 0.126 e. The van der Waals surface area contributed by atoms with Crippen LogP contribution in [0.4, 0.5) is 4.39 Å². The lowest BCUT2D eigenvalue weighted by molar-refractivity contribution is 0.220. The molecule has 2 aromatic carbocycles. The van der Waals surface area contributed by atoms with E-state index in [-0.39, 0.29) is 5.82 Å². The highest BCUT2D eigenvalue weighted by molar-refractivity contribution is 5.35. The highest BCUT2D eigenvalue weighted by atomic mass is 19.1. The van der Waals surface area contributed by atoms with E-state index in [1.807, 2.05) is 0 Å². The first-order valence-electron chi connectivity index (χ1n) is 5.70. The maximum atomic E-state index is 13.2. The molecule has 0 radical (unpaired) electrons. The summed E-state index contributed by atoms with van der Waals surface area (Å²) in [5.41, 5.74) is 1.96. The van der Waals surface area contributed by atoms with E-state index in [0.717, 1.165) is 11.3 Å². The molecule has 0 saturated carbocycles. The van der Waals surface area contributed by atoms with Gasteiger partial charge < -0.3 is 9.84 Å². The van der Waals surface area contributed by atoms with Crippen molar-refractivity contribution in [2.75, 3.05) is 7.11 Å². The molecular formula is C15H15FO2. The number of rotatable bonds is 3. The fourth-order valence-electron chi connectivity index (χ4n) is 1.82. The van der Waals surface area contributed by atoms with Gasteiger partial charge in [-0.1, -0.05) is 24.3 Å². The van der Waals surface area contributed by atoms with E-state index in [9.17, 15) is 9.50 Å². The number of hydrogen-bond donors (Lipinski definition) is 1. The third-order valence-corrected chi connectivity index (χ3v) is 2.93. The number of halogens is 1. The molecule has 1 atom stereocenters. The van der Waals surface area contributed by atoms with E-state index in [1.165, 1.54) is 6.07 Å². The molecule has 0 aliphatic heterocycles. The van der Waals surface area contributed by atoms with Crippen molar-refractivity contribution in [3.8, 4) is 5.75 Å². The lowest BCUT2D eigenvalue weighted by Gasteiger charge is -2.13. The van der Waals surface area contributed by atoms with Gasteiger partial charge in [0.2, 0.25) is 0 Å². The summed E-state index contributed by atoms with van der Waals surface area (Å²) in [7, 11) is 1.59. The topological polar surface area (TPSA) is 29.5 Å². The molecule has 0 bridgehead atoms. The predicted octanol–water partition coefficient (Wildman–Crippen LogP) is 3.22. The highest BCUT2D eigenvalue weighted by Crippen LogP contribution is 2.25. The molecule has 0 fully saturated rings. The molecule has 0 aliphatic carbocycles. The van der Waals surface area contributed by atoms with Gasteiger partial charge >= 0.3 is 0 Å². The second kappa shape index (κ2) is 5.19. The number of aliphatic hydroxyl groups is 1. The number of aryl methyl sites for hydroxylation is 1. The minimum atomic E-state index is -0.754. The summed E-state index contributed by atoms with van der Waals surface area (Å²) >= 11 is 0. The summed E-state index contributed by atoms with van der Waals surface area (Å²) < 4.78 is 18.2. The smallest absolute Gasteiger partial charge is 0.126 e. The van der Waals surface area contributed by atoms with Crippen molar-refractivity contribution < 1.29 is 14.2 Å². The van der Waals surface area contributed by atoms with Crippen LogP contribution in [0.5, 0.6) is 5.75 Å². The van der Waals surface area contributed by atoms with Gasteiger partial charge in [-0.15, -0.1) is 0 Å². The third kappa shape index (κ3) is 2.51. The first kappa shape index (κ1) is 12.6. The van der Waals surface area contributed by atoms with Crippen LogP contribution >= 0.6 is 0 Å². The molecule has 0 amide bonds. The Hall–Kier alpha value is -1.87. The van der Waals surface area contributed by atoms with Gasteiger partial charge in [-0.2, -0.15) is 0 Å². The Morgan fingerprint density at radius 2 is 1.67 bits per heavy atom. The van der Waals surface area contributed by atoms with Gasteiger partial charge in [0.05, 0.1) is 7.11 Å². The molecule has 0 saturated heterocycles. The molecule has 2 rings (SSSR count). The summed E-state index contributed by atoms with van der Waals surface area (Å²) in [6.07, 6.45) is -0.754. The normalized spacial score (nSPS) is 12.2. The average molecular weight is 246 g/mol.